The molecule has 2 atom stereocenters. The number of ether oxygens (including phenoxy) is 1. The molecule has 7 nitrogen and oxygen atoms in total. The Morgan fingerprint density at radius 1 is 1.11 bits per heavy atom. The molecule has 2 N–H and O–H groups in total. The van der Waals surface area contributed by atoms with E-state index in [1.54, 1.807) is 13.3 Å². The van der Waals surface area contributed by atoms with Gasteiger partial charge in [-0.15, -0.1) is 0 Å². The van der Waals surface area contributed by atoms with E-state index in [1.165, 1.54) is 0 Å². The highest BCUT2D eigenvalue weighted by atomic mass is 16.5. The Hall–Kier alpha value is -3.55. The van der Waals surface area contributed by atoms with E-state index in [1.807, 2.05) is 29.3 Å². The quantitative estimate of drug-likeness (QED) is 0.309. The number of carbonyl (C=O) groups is 1. The van der Waals surface area contributed by atoms with E-state index >= 15 is 0 Å². The molecule has 5 rings (SSSR count). The summed E-state index contributed by atoms with van der Waals surface area (Å²) < 4.78 is 7.62. The van der Waals surface area contributed by atoms with Crippen molar-refractivity contribution < 1.29 is 9.53 Å². The van der Waals surface area contributed by atoms with Crippen LogP contribution in [0.25, 0.3) is 22.2 Å². The monoisotopic (exact) mass is 511 g/mol. The van der Waals surface area contributed by atoms with E-state index in [-0.39, 0.29) is 17.9 Å². The van der Waals surface area contributed by atoms with Gasteiger partial charge in [0, 0.05) is 64.1 Å². The van der Waals surface area contributed by atoms with Crippen molar-refractivity contribution in [3.05, 3.63) is 84.4 Å². The number of carbonyl (C=O) groups excluding carboxylic acids is 1. The van der Waals surface area contributed by atoms with Gasteiger partial charge in [-0.05, 0) is 60.6 Å². The minimum Gasteiger partial charge on any atom is -0.385 e. The summed E-state index contributed by atoms with van der Waals surface area (Å²) >= 11 is 0. The number of piperidine rings is 1. The molecule has 0 bridgehead atoms. The first-order valence-electron chi connectivity index (χ1n) is 13.6. The molecule has 0 aliphatic carbocycles. The van der Waals surface area contributed by atoms with Crippen LogP contribution >= 0.6 is 0 Å². The number of nitrogens with zero attached hydrogens (tertiary/aromatic N) is 4. The molecule has 198 valence electrons. The lowest BCUT2D eigenvalue weighted by Crippen LogP contribution is -2.42. The number of aromatic nitrogens is 3. The van der Waals surface area contributed by atoms with Gasteiger partial charge in [-0.25, -0.2) is 4.98 Å². The lowest BCUT2D eigenvalue weighted by atomic mass is 9.95. The molecule has 2 aromatic carbocycles. The maximum absolute atomic E-state index is 13.3. The summed E-state index contributed by atoms with van der Waals surface area (Å²) in [7, 11) is 1.74. The van der Waals surface area contributed by atoms with Gasteiger partial charge in [-0.1, -0.05) is 42.5 Å². The summed E-state index contributed by atoms with van der Waals surface area (Å²) in [6.45, 7) is 3.05. The highest BCUT2D eigenvalue weighted by Gasteiger charge is 2.29. The average molecular weight is 512 g/mol. The fourth-order valence-electron chi connectivity index (χ4n) is 5.52. The van der Waals surface area contributed by atoms with Gasteiger partial charge >= 0.3 is 0 Å². The summed E-state index contributed by atoms with van der Waals surface area (Å²) in [4.78, 5) is 24.5. The van der Waals surface area contributed by atoms with Crippen LogP contribution in [0.4, 0.5) is 0 Å². The zero-order valence-electron chi connectivity index (χ0n) is 22.1. The topological polar surface area (TPSA) is 86.3 Å². The molecule has 4 aromatic rings. The van der Waals surface area contributed by atoms with Crippen LogP contribution in [-0.4, -0.2) is 58.2 Å². The number of fused-ring (bicyclic) bond motifs is 1. The minimum atomic E-state index is -0.217. The summed E-state index contributed by atoms with van der Waals surface area (Å²) in [6, 6.07) is 20.4. The fraction of sp³-hybridized carbons (Fsp3) is 0.387. The number of methoxy groups -OCH3 is 1. The Morgan fingerprint density at radius 2 is 1.95 bits per heavy atom. The van der Waals surface area contributed by atoms with E-state index in [4.69, 9.17) is 15.5 Å². The van der Waals surface area contributed by atoms with Crippen molar-refractivity contribution in [2.75, 3.05) is 26.8 Å². The SMILES string of the molecule is COCCCn1c([C@@H]2CCCN(C(=O)C[C@H](N)Cc3ccc(-c4cccnc4)cc3)C2)nc2ccccc21. The maximum Gasteiger partial charge on any atom is 0.224 e. The van der Waals surface area contributed by atoms with E-state index < -0.39 is 0 Å². The van der Waals surface area contributed by atoms with Crippen molar-refractivity contribution in [2.45, 2.75) is 50.6 Å². The number of benzene rings is 2. The molecule has 0 saturated carbocycles. The first kappa shape index (κ1) is 26.1. The largest absolute Gasteiger partial charge is 0.385 e. The van der Waals surface area contributed by atoms with Crippen LogP contribution in [0, 0.1) is 0 Å². The molecule has 1 saturated heterocycles. The highest BCUT2D eigenvalue weighted by Crippen LogP contribution is 2.30. The molecule has 0 unspecified atom stereocenters. The number of hydrogen-bond acceptors (Lipinski definition) is 5. The van der Waals surface area contributed by atoms with E-state index in [2.05, 4.69) is 52.0 Å². The Bertz CT molecular complexity index is 1340. The summed E-state index contributed by atoms with van der Waals surface area (Å²) in [5.74, 6) is 1.44. The predicted octanol–water partition coefficient (Wildman–Crippen LogP) is 4.80. The van der Waals surface area contributed by atoms with Crippen LogP contribution in [0.5, 0.6) is 0 Å². The molecule has 1 aliphatic heterocycles. The molecule has 38 heavy (non-hydrogen) atoms. The van der Waals surface area contributed by atoms with Gasteiger partial charge < -0.3 is 19.9 Å². The first-order chi connectivity index (χ1) is 18.6. The molecule has 0 spiro atoms. The first-order valence-corrected chi connectivity index (χ1v) is 13.6. The molecule has 2 aromatic heterocycles. The second kappa shape index (κ2) is 12.3. The lowest BCUT2D eigenvalue weighted by molar-refractivity contribution is -0.132. The van der Waals surface area contributed by atoms with Gasteiger partial charge in [-0.3, -0.25) is 9.78 Å². The van der Waals surface area contributed by atoms with Gasteiger partial charge in [-0.2, -0.15) is 0 Å². The Balaban J connectivity index is 1.21. The van der Waals surface area contributed by atoms with Crippen molar-refractivity contribution in [2.24, 2.45) is 5.73 Å². The van der Waals surface area contributed by atoms with Gasteiger partial charge in [0.05, 0.1) is 11.0 Å². The van der Waals surface area contributed by atoms with Crippen LogP contribution in [0.15, 0.2) is 73.1 Å². The van der Waals surface area contributed by atoms with E-state index in [0.29, 0.717) is 26.0 Å². The minimum absolute atomic E-state index is 0.135. The van der Waals surface area contributed by atoms with Gasteiger partial charge in [0.25, 0.3) is 0 Å². The Kier molecular flexibility index (Phi) is 8.46. The van der Waals surface area contributed by atoms with Crippen LogP contribution in [0.2, 0.25) is 0 Å². The summed E-state index contributed by atoms with van der Waals surface area (Å²) in [6.07, 6.45) is 7.59. The van der Waals surface area contributed by atoms with Crippen LogP contribution in [0.3, 0.4) is 0 Å². The number of pyridine rings is 1. The Labute approximate surface area is 224 Å². The fourth-order valence-corrected chi connectivity index (χ4v) is 5.52. The molecule has 1 fully saturated rings. The average Bonchev–Trinajstić information content (AvgIpc) is 3.33. The second-order valence-corrected chi connectivity index (χ2v) is 10.2. The zero-order chi connectivity index (χ0) is 26.3. The standard InChI is InChI=1S/C31H37N5O2/c1-38-18-6-17-36-29-10-3-2-9-28(29)34-31(36)26-8-5-16-35(22-26)30(37)20-27(32)19-23-11-13-24(14-12-23)25-7-4-15-33-21-25/h2-4,7,9-15,21,26-27H,5-6,8,16-20,22,32H2,1H3/t26-,27-/m1/s1. The molecule has 1 amide bonds. The van der Waals surface area contributed by atoms with E-state index in [0.717, 1.165) is 65.9 Å². The maximum atomic E-state index is 13.3. The van der Waals surface area contributed by atoms with Crippen LogP contribution < -0.4 is 5.73 Å². The van der Waals surface area contributed by atoms with Gasteiger partial charge in [0.2, 0.25) is 5.91 Å². The molecule has 1 aliphatic rings. The number of aryl methyl sites for hydroxylation is 1. The third kappa shape index (κ3) is 6.11. The molecule has 0 radical (unpaired) electrons. The number of nitrogens with two attached hydrogens (primary N) is 1. The third-order valence-corrected chi connectivity index (χ3v) is 7.44. The van der Waals surface area contributed by atoms with Crippen LogP contribution in [-0.2, 0) is 22.5 Å². The van der Waals surface area contributed by atoms with Crippen molar-refractivity contribution in [1.82, 2.24) is 19.4 Å². The predicted molar refractivity (Wildman–Crippen MR) is 151 cm³/mol. The van der Waals surface area contributed by atoms with Gasteiger partial charge in [0.15, 0.2) is 0 Å². The Morgan fingerprint density at radius 3 is 2.74 bits per heavy atom. The number of imidazole rings is 1. The van der Waals surface area contributed by atoms with Gasteiger partial charge in [0.1, 0.15) is 5.82 Å². The van der Waals surface area contributed by atoms with E-state index in [9.17, 15) is 4.79 Å². The van der Waals surface area contributed by atoms with Crippen LogP contribution in [0.1, 0.15) is 43.0 Å². The summed E-state index contributed by atoms with van der Waals surface area (Å²) in [5, 5.41) is 0. The smallest absolute Gasteiger partial charge is 0.224 e. The highest BCUT2D eigenvalue weighted by molar-refractivity contribution is 5.78. The zero-order valence-corrected chi connectivity index (χ0v) is 22.1. The number of likely N-dealkylation sites (tertiary alicyclic amines) is 1. The number of amides is 1. The second-order valence-electron chi connectivity index (χ2n) is 10.2. The lowest BCUT2D eigenvalue weighted by Gasteiger charge is -2.33. The third-order valence-electron chi connectivity index (χ3n) is 7.44. The van der Waals surface area contributed by atoms with Crippen molar-refractivity contribution in [3.8, 4) is 11.1 Å². The number of hydrogen-bond donors (Lipinski definition) is 1. The normalized spacial score (nSPS) is 16.6. The van der Waals surface area contributed by atoms with Crippen molar-refractivity contribution in [1.29, 1.82) is 0 Å². The molecular weight excluding hydrogens is 474 g/mol. The number of para-hydroxylation sites is 2. The molecule has 3 heterocycles. The van der Waals surface area contributed by atoms with Crippen molar-refractivity contribution >= 4 is 16.9 Å². The number of rotatable bonds is 10. The molecular formula is C31H37N5O2. The van der Waals surface area contributed by atoms with Crippen molar-refractivity contribution in [3.63, 3.8) is 0 Å². The molecule has 7 heteroatoms. The summed E-state index contributed by atoms with van der Waals surface area (Å²) in [5.41, 5.74) is 12.0.